The SMILES string of the molecule is CCC(C#N)N1CCCc2cc(C)ccc21. The van der Waals surface area contributed by atoms with Crippen LogP contribution in [0.5, 0.6) is 0 Å². The van der Waals surface area contributed by atoms with Crippen LogP contribution in [0.4, 0.5) is 5.69 Å². The summed E-state index contributed by atoms with van der Waals surface area (Å²) in [6.45, 7) is 5.22. The van der Waals surface area contributed by atoms with Crippen molar-refractivity contribution in [1.29, 1.82) is 5.26 Å². The molecule has 84 valence electrons. The lowest BCUT2D eigenvalue weighted by molar-refractivity contribution is 0.622. The number of benzene rings is 1. The molecule has 0 bridgehead atoms. The molecule has 1 unspecified atom stereocenters. The highest BCUT2D eigenvalue weighted by atomic mass is 15.2. The van der Waals surface area contributed by atoms with Gasteiger partial charge in [0.05, 0.1) is 6.07 Å². The third-order valence-electron chi connectivity index (χ3n) is 3.30. The molecule has 16 heavy (non-hydrogen) atoms. The third-order valence-corrected chi connectivity index (χ3v) is 3.30. The zero-order chi connectivity index (χ0) is 11.5. The number of hydrogen-bond acceptors (Lipinski definition) is 2. The predicted molar refractivity (Wildman–Crippen MR) is 66.5 cm³/mol. The average molecular weight is 214 g/mol. The van der Waals surface area contributed by atoms with Crippen molar-refractivity contribution in [3.63, 3.8) is 0 Å². The normalized spacial score (nSPS) is 16.4. The standard InChI is InChI=1S/C14H18N2/c1-3-13(10-15)16-8-4-5-12-9-11(2)6-7-14(12)16/h6-7,9,13H,3-5,8H2,1-2H3. The maximum atomic E-state index is 9.17. The van der Waals surface area contributed by atoms with Gasteiger partial charge in [-0.3, -0.25) is 0 Å². The Morgan fingerprint density at radius 2 is 2.31 bits per heavy atom. The molecule has 2 heteroatoms. The second-order valence-corrected chi connectivity index (χ2v) is 4.48. The summed E-state index contributed by atoms with van der Waals surface area (Å²) in [5.74, 6) is 0. The van der Waals surface area contributed by atoms with Gasteiger partial charge in [0.15, 0.2) is 0 Å². The van der Waals surface area contributed by atoms with Crippen molar-refractivity contribution in [3.8, 4) is 6.07 Å². The third kappa shape index (κ3) is 1.90. The summed E-state index contributed by atoms with van der Waals surface area (Å²) in [5.41, 5.74) is 3.98. The van der Waals surface area contributed by atoms with Crippen molar-refractivity contribution in [3.05, 3.63) is 29.3 Å². The van der Waals surface area contributed by atoms with Crippen LogP contribution < -0.4 is 4.90 Å². The van der Waals surface area contributed by atoms with E-state index in [1.807, 2.05) is 0 Å². The van der Waals surface area contributed by atoms with Crippen LogP contribution in [-0.4, -0.2) is 12.6 Å². The summed E-state index contributed by atoms with van der Waals surface area (Å²) in [5, 5.41) is 9.17. The Labute approximate surface area is 97.5 Å². The quantitative estimate of drug-likeness (QED) is 0.756. The van der Waals surface area contributed by atoms with Gasteiger partial charge >= 0.3 is 0 Å². The van der Waals surface area contributed by atoms with Crippen molar-refractivity contribution in [2.45, 2.75) is 39.2 Å². The maximum Gasteiger partial charge on any atom is 0.116 e. The molecule has 1 aliphatic heterocycles. The van der Waals surface area contributed by atoms with E-state index in [-0.39, 0.29) is 6.04 Å². The minimum absolute atomic E-state index is 0.0294. The van der Waals surface area contributed by atoms with Crippen LogP contribution in [0.3, 0.4) is 0 Å². The fourth-order valence-electron chi connectivity index (χ4n) is 2.46. The van der Waals surface area contributed by atoms with Gasteiger partial charge in [0.25, 0.3) is 0 Å². The molecule has 1 aromatic rings. The van der Waals surface area contributed by atoms with Gasteiger partial charge in [0.2, 0.25) is 0 Å². The van der Waals surface area contributed by atoms with Crippen LogP contribution in [0.25, 0.3) is 0 Å². The van der Waals surface area contributed by atoms with E-state index >= 15 is 0 Å². The minimum atomic E-state index is 0.0294. The molecule has 2 rings (SSSR count). The Bertz CT molecular complexity index is 417. The Morgan fingerprint density at radius 1 is 1.50 bits per heavy atom. The van der Waals surface area contributed by atoms with E-state index in [1.165, 1.54) is 16.8 Å². The first-order chi connectivity index (χ1) is 7.76. The van der Waals surface area contributed by atoms with Crippen LogP contribution in [-0.2, 0) is 6.42 Å². The number of rotatable bonds is 2. The van der Waals surface area contributed by atoms with E-state index in [0.29, 0.717) is 0 Å². The van der Waals surface area contributed by atoms with Crippen molar-refractivity contribution < 1.29 is 0 Å². The van der Waals surface area contributed by atoms with Gasteiger partial charge in [-0.2, -0.15) is 5.26 Å². The molecule has 0 amide bonds. The monoisotopic (exact) mass is 214 g/mol. The molecule has 1 aliphatic rings. The van der Waals surface area contributed by atoms with Crippen LogP contribution in [0, 0.1) is 18.3 Å². The zero-order valence-corrected chi connectivity index (χ0v) is 10.0. The molecule has 0 aromatic heterocycles. The van der Waals surface area contributed by atoms with E-state index in [9.17, 15) is 0 Å². The van der Waals surface area contributed by atoms with Crippen molar-refractivity contribution in [1.82, 2.24) is 0 Å². The lowest BCUT2D eigenvalue weighted by Gasteiger charge is -2.34. The molecule has 1 heterocycles. The Hall–Kier alpha value is -1.49. The molecular formula is C14H18N2. The van der Waals surface area contributed by atoms with E-state index < -0.39 is 0 Å². The Balaban J connectivity index is 2.37. The van der Waals surface area contributed by atoms with Crippen LogP contribution in [0.2, 0.25) is 0 Å². The van der Waals surface area contributed by atoms with E-state index in [4.69, 9.17) is 5.26 Å². The van der Waals surface area contributed by atoms with Gasteiger partial charge in [-0.25, -0.2) is 0 Å². The molecule has 0 N–H and O–H groups in total. The fourth-order valence-corrected chi connectivity index (χ4v) is 2.46. The molecule has 0 fully saturated rings. The van der Waals surface area contributed by atoms with Crippen molar-refractivity contribution in [2.75, 3.05) is 11.4 Å². The zero-order valence-electron chi connectivity index (χ0n) is 10.0. The topological polar surface area (TPSA) is 27.0 Å². The molecule has 0 aliphatic carbocycles. The first-order valence-corrected chi connectivity index (χ1v) is 6.02. The first kappa shape index (κ1) is 11.0. The summed E-state index contributed by atoms with van der Waals surface area (Å²) in [7, 11) is 0. The highest BCUT2D eigenvalue weighted by Crippen LogP contribution is 2.29. The minimum Gasteiger partial charge on any atom is -0.355 e. The highest BCUT2D eigenvalue weighted by molar-refractivity contribution is 5.58. The van der Waals surface area contributed by atoms with E-state index in [0.717, 1.165) is 25.8 Å². The lowest BCUT2D eigenvalue weighted by atomic mass is 9.98. The number of nitriles is 1. The largest absolute Gasteiger partial charge is 0.355 e. The van der Waals surface area contributed by atoms with E-state index in [2.05, 4.69) is 43.0 Å². The molecule has 0 saturated heterocycles. The smallest absolute Gasteiger partial charge is 0.116 e. The van der Waals surface area contributed by atoms with Crippen molar-refractivity contribution in [2.24, 2.45) is 0 Å². The van der Waals surface area contributed by atoms with Crippen molar-refractivity contribution >= 4 is 5.69 Å². The highest BCUT2D eigenvalue weighted by Gasteiger charge is 2.22. The van der Waals surface area contributed by atoms with Gasteiger partial charge in [0, 0.05) is 12.2 Å². The number of fused-ring (bicyclic) bond motifs is 1. The van der Waals surface area contributed by atoms with Crippen LogP contribution in [0.15, 0.2) is 18.2 Å². The molecule has 2 nitrogen and oxygen atoms in total. The lowest BCUT2D eigenvalue weighted by Crippen LogP contribution is -2.37. The summed E-state index contributed by atoms with van der Waals surface area (Å²) in [6.07, 6.45) is 3.20. The molecular weight excluding hydrogens is 196 g/mol. The fraction of sp³-hybridized carbons (Fsp3) is 0.500. The molecule has 0 spiro atoms. The summed E-state index contributed by atoms with van der Waals surface area (Å²) in [6, 6.07) is 9.00. The van der Waals surface area contributed by atoms with Crippen LogP contribution >= 0.6 is 0 Å². The average Bonchev–Trinajstić information content (AvgIpc) is 2.30. The predicted octanol–water partition coefficient (Wildman–Crippen LogP) is 3.05. The second kappa shape index (κ2) is 4.57. The van der Waals surface area contributed by atoms with Gasteiger partial charge < -0.3 is 4.90 Å². The molecule has 1 aromatic carbocycles. The van der Waals surface area contributed by atoms with Gasteiger partial charge in [-0.15, -0.1) is 0 Å². The van der Waals surface area contributed by atoms with Gasteiger partial charge in [-0.1, -0.05) is 24.6 Å². The Morgan fingerprint density at radius 3 is 3.00 bits per heavy atom. The van der Waals surface area contributed by atoms with Crippen LogP contribution in [0.1, 0.15) is 30.9 Å². The first-order valence-electron chi connectivity index (χ1n) is 6.02. The second-order valence-electron chi connectivity index (χ2n) is 4.48. The van der Waals surface area contributed by atoms with Gasteiger partial charge in [0.1, 0.15) is 6.04 Å². The summed E-state index contributed by atoms with van der Waals surface area (Å²) < 4.78 is 0. The Kier molecular flexibility index (Phi) is 3.14. The van der Waals surface area contributed by atoms with Gasteiger partial charge in [-0.05, 0) is 37.8 Å². The van der Waals surface area contributed by atoms with E-state index in [1.54, 1.807) is 0 Å². The molecule has 1 atom stereocenters. The number of hydrogen-bond donors (Lipinski definition) is 0. The number of aryl methyl sites for hydroxylation is 2. The number of anilines is 1. The molecule has 0 saturated carbocycles. The summed E-state index contributed by atoms with van der Waals surface area (Å²) in [4.78, 5) is 2.26. The molecule has 0 radical (unpaired) electrons. The maximum absolute atomic E-state index is 9.17. The summed E-state index contributed by atoms with van der Waals surface area (Å²) >= 11 is 0. The number of nitrogens with zero attached hydrogens (tertiary/aromatic N) is 2.